The molecule has 2 N–H and O–H groups in total. The zero-order valence-corrected chi connectivity index (χ0v) is 14.9. The van der Waals surface area contributed by atoms with Gasteiger partial charge in [-0.2, -0.15) is 0 Å². The predicted octanol–water partition coefficient (Wildman–Crippen LogP) is 0.255. The fourth-order valence-electron chi connectivity index (χ4n) is 2.49. The molecular formula is C16H21N3O5S. The number of hydrogen-bond acceptors (Lipinski definition) is 5. The van der Waals surface area contributed by atoms with Gasteiger partial charge in [0.2, 0.25) is 21.8 Å². The summed E-state index contributed by atoms with van der Waals surface area (Å²) in [5.41, 5.74) is 0.594. The number of nitrogens with one attached hydrogen (secondary N) is 2. The minimum atomic E-state index is -3.65. The van der Waals surface area contributed by atoms with E-state index in [2.05, 4.69) is 10.6 Å². The van der Waals surface area contributed by atoms with Crippen LogP contribution in [0.5, 0.6) is 0 Å². The maximum Gasteiger partial charge on any atom is 0.251 e. The van der Waals surface area contributed by atoms with Gasteiger partial charge in [-0.25, -0.2) is 12.7 Å². The number of carbonyl (C=O) groups excluding carboxylic acids is 3. The van der Waals surface area contributed by atoms with E-state index in [1.54, 1.807) is 6.92 Å². The molecule has 0 radical (unpaired) electrons. The van der Waals surface area contributed by atoms with E-state index in [0.717, 1.165) is 4.31 Å². The second-order valence-corrected chi connectivity index (χ2v) is 7.78. The monoisotopic (exact) mass is 367 g/mol. The zero-order chi connectivity index (χ0) is 18.6. The van der Waals surface area contributed by atoms with Gasteiger partial charge in [-0.1, -0.05) is 6.92 Å². The second-order valence-electron chi connectivity index (χ2n) is 5.92. The topological polar surface area (TPSA) is 113 Å². The molecule has 136 valence electrons. The van der Waals surface area contributed by atoms with Crippen molar-refractivity contribution in [2.45, 2.75) is 20.3 Å². The first-order valence-corrected chi connectivity index (χ1v) is 9.53. The van der Waals surface area contributed by atoms with Crippen LogP contribution in [0.1, 0.15) is 30.6 Å². The molecule has 1 atom stereocenters. The first-order chi connectivity index (χ1) is 11.7. The summed E-state index contributed by atoms with van der Waals surface area (Å²) in [6.45, 7) is 3.87. The number of nitrogens with zero attached hydrogens (tertiary/aromatic N) is 1. The molecule has 1 aliphatic heterocycles. The summed E-state index contributed by atoms with van der Waals surface area (Å²) in [4.78, 5) is 34.8. The van der Waals surface area contributed by atoms with Gasteiger partial charge in [-0.3, -0.25) is 14.4 Å². The highest BCUT2D eigenvalue weighted by molar-refractivity contribution is 7.94. The van der Waals surface area contributed by atoms with E-state index in [0.29, 0.717) is 25.1 Å². The first kappa shape index (κ1) is 18.9. The van der Waals surface area contributed by atoms with Crippen LogP contribution in [0.2, 0.25) is 0 Å². The van der Waals surface area contributed by atoms with Gasteiger partial charge in [0.05, 0.1) is 17.4 Å². The molecule has 1 unspecified atom stereocenters. The zero-order valence-electron chi connectivity index (χ0n) is 14.1. The van der Waals surface area contributed by atoms with Crippen molar-refractivity contribution in [3.8, 4) is 0 Å². The molecule has 1 aliphatic rings. The van der Waals surface area contributed by atoms with Crippen LogP contribution in [-0.2, 0) is 19.6 Å². The van der Waals surface area contributed by atoms with Crippen LogP contribution in [0.4, 0.5) is 5.69 Å². The third-order valence-corrected chi connectivity index (χ3v) is 5.61. The number of sulfonamides is 1. The Balaban J connectivity index is 1.97. The molecule has 9 heteroatoms. The molecular weight excluding hydrogens is 346 g/mol. The van der Waals surface area contributed by atoms with Crippen molar-refractivity contribution in [2.24, 2.45) is 5.92 Å². The number of anilines is 1. The van der Waals surface area contributed by atoms with Crippen LogP contribution in [0.15, 0.2) is 24.3 Å². The summed E-state index contributed by atoms with van der Waals surface area (Å²) in [5.74, 6) is -1.67. The Morgan fingerprint density at radius 2 is 1.76 bits per heavy atom. The van der Waals surface area contributed by atoms with Crippen molar-refractivity contribution in [3.05, 3.63) is 29.8 Å². The molecule has 2 rings (SSSR count). The molecule has 8 nitrogen and oxygen atoms in total. The van der Waals surface area contributed by atoms with Crippen molar-refractivity contribution >= 4 is 33.4 Å². The highest BCUT2D eigenvalue weighted by Crippen LogP contribution is 2.28. The Bertz CT molecular complexity index is 773. The van der Waals surface area contributed by atoms with Crippen molar-refractivity contribution in [3.63, 3.8) is 0 Å². The van der Waals surface area contributed by atoms with E-state index in [-0.39, 0.29) is 23.3 Å². The van der Waals surface area contributed by atoms with Gasteiger partial charge in [0.15, 0.2) is 0 Å². The fourth-order valence-corrected chi connectivity index (χ4v) is 4.31. The van der Waals surface area contributed by atoms with E-state index < -0.39 is 21.8 Å². The van der Waals surface area contributed by atoms with Crippen LogP contribution in [-0.4, -0.2) is 45.0 Å². The molecule has 1 fully saturated rings. The second kappa shape index (κ2) is 7.64. The van der Waals surface area contributed by atoms with Crippen LogP contribution in [0.3, 0.4) is 0 Å². The maximum atomic E-state index is 12.0. The van der Waals surface area contributed by atoms with Crippen molar-refractivity contribution in [1.29, 1.82) is 0 Å². The third-order valence-electron chi connectivity index (χ3n) is 3.74. The Hall–Kier alpha value is -2.42. The Morgan fingerprint density at radius 1 is 1.16 bits per heavy atom. The molecule has 1 aromatic rings. The SMILES string of the molecule is CC(=O)NCCCNC(=O)c1ccc(N2C(=O)C(C)CS2(=O)=O)cc1. The Kier molecular flexibility index (Phi) is 5.78. The first-order valence-electron chi connectivity index (χ1n) is 7.92. The average Bonchev–Trinajstić information content (AvgIpc) is 2.74. The van der Waals surface area contributed by atoms with E-state index in [9.17, 15) is 22.8 Å². The molecule has 1 saturated heterocycles. The van der Waals surface area contributed by atoms with Gasteiger partial charge in [0.1, 0.15) is 0 Å². The molecule has 25 heavy (non-hydrogen) atoms. The summed E-state index contributed by atoms with van der Waals surface area (Å²) in [7, 11) is -3.65. The van der Waals surface area contributed by atoms with Crippen LogP contribution in [0.25, 0.3) is 0 Å². The number of benzene rings is 1. The summed E-state index contributed by atoms with van der Waals surface area (Å²) in [6.07, 6.45) is 0.599. The predicted molar refractivity (Wildman–Crippen MR) is 92.5 cm³/mol. The van der Waals surface area contributed by atoms with E-state index in [1.165, 1.54) is 31.2 Å². The number of rotatable bonds is 6. The minimum Gasteiger partial charge on any atom is -0.356 e. The normalized spacial score (nSPS) is 18.9. The van der Waals surface area contributed by atoms with Gasteiger partial charge < -0.3 is 10.6 Å². The molecule has 0 aliphatic carbocycles. The molecule has 0 saturated carbocycles. The molecule has 3 amide bonds. The molecule has 0 spiro atoms. The maximum absolute atomic E-state index is 12.0. The van der Waals surface area contributed by atoms with Gasteiger partial charge in [-0.05, 0) is 30.7 Å². The van der Waals surface area contributed by atoms with Crippen molar-refractivity contribution in [2.75, 3.05) is 23.1 Å². The third kappa shape index (κ3) is 4.56. The van der Waals surface area contributed by atoms with Crippen LogP contribution in [0, 0.1) is 5.92 Å². The Labute approximate surface area is 146 Å². The van der Waals surface area contributed by atoms with Gasteiger partial charge in [0, 0.05) is 25.6 Å². The van der Waals surface area contributed by atoms with E-state index in [4.69, 9.17) is 0 Å². The molecule has 1 aromatic carbocycles. The minimum absolute atomic E-state index is 0.123. The summed E-state index contributed by atoms with van der Waals surface area (Å²) < 4.78 is 24.9. The lowest BCUT2D eigenvalue weighted by Gasteiger charge is -2.15. The van der Waals surface area contributed by atoms with Gasteiger partial charge >= 0.3 is 0 Å². The number of hydrogen-bond donors (Lipinski definition) is 2. The summed E-state index contributed by atoms with van der Waals surface area (Å²) in [5, 5.41) is 5.33. The van der Waals surface area contributed by atoms with E-state index in [1.807, 2.05) is 0 Å². The highest BCUT2D eigenvalue weighted by atomic mass is 32.2. The lowest BCUT2D eigenvalue weighted by molar-refractivity contribution is -0.120. The Morgan fingerprint density at radius 3 is 2.28 bits per heavy atom. The molecule has 0 aromatic heterocycles. The molecule has 1 heterocycles. The summed E-state index contributed by atoms with van der Waals surface area (Å²) in [6, 6.07) is 5.84. The molecule has 0 bridgehead atoms. The van der Waals surface area contributed by atoms with Gasteiger partial charge in [0.25, 0.3) is 5.91 Å². The van der Waals surface area contributed by atoms with E-state index >= 15 is 0 Å². The standard InChI is InChI=1S/C16H21N3O5S/c1-11-10-25(23,24)19(16(11)22)14-6-4-13(5-7-14)15(21)18-9-3-8-17-12(2)20/h4-7,11H,3,8-10H2,1-2H3,(H,17,20)(H,18,21). The van der Waals surface area contributed by atoms with Crippen molar-refractivity contribution in [1.82, 2.24) is 10.6 Å². The summed E-state index contributed by atoms with van der Waals surface area (Å²) >= 11 is 0. The van der Waals surface area contributed by atoms with Crippen LogP contribution < -0.4 is 14.9 Å². The average molecular weight is 367 g/mol. The van der Waals surface area contributed by atoms with Crippen LogP contribution >= 0.6 is 0 Å². The van der Waals surface area contributed by atoms with Crippen molar-refractivity contribution < 1.29 is 22.8 Å². The highest BCUT2D eigenvalue weighted by Gasteiger charge is 2.41. The lowest BCUT2D eigenvalue weighted by atomic mass is 10.1. The lowest BCUT2D eigenvalue weighted by Crippen LogP contribution is -2.30. The van der Waals surface area contributed by atoms with Gasteiger partial charge in [-0.15, -0.1) is 0 Å². The quantitative estimate of drug-likeness (QED) is 0.700. The largest absolute Gasteiger partial charge is 0.356 e. The smallest absolute Gasteiger partial charge is 0.251 e. The number of amides is 3. The fraction of sp³-hybridized carbons (Fsp3) is 0.438. The number of carbonyl (C=O) groups is 3.